The van der Waals surface area contributed by atoms with Crippen molar-refractivity contribution in [3.8, 4) is 0 Å². The SMILES string of the molecule is CC(C)NC(=O)C[NH+](C)CC(=O)N(C)Cc1ccc(F)cc1. The van der Waals surface area contributed by atoms with Crippen LogP contribution in [0.2, 0.25) is 0 Å². The third kappa shape index (κ3) is 6.67. The fourth-order valence-electron chi connectivity index (χ4n) is 2.05. The van der Waals surface area contributed by atoms with Crippen LogP contribution in [0.4, 0.5) is 4.39 Å². The van der Waals surface area contributed by atoms with E-state index in [0.29, 0.717) is 6.54 Å². The number of benzene rings is 1. The van der Waals surface area contributed by atoms with Crippen molar-refractivity contribution in [2.24, 2.45) is 0 Å². The summed E-state index contributed by atoms with van der Waals surface area (Å²) in [4.78, 5) is 26.2. The molecule has 2 N–H and O–H groups in total. The Labute approximate surface area is 131 Å². The molecule has 0 aromatic heterocycles. The highest BCUT2D eigenvalue weighted by Gasteiger charge is 2.17. The van der Waals surface area contributed by atoms with E-state index in [9.17, 15) is 14.0 Å². The lowest BCUT2D eigenvalue weighted by Gasteiger charge is -2.20. The van der Waals surface area contributed by atoms with Crippen LogP contribution in [0.3, 0.4) is 0 Å². The van der Waals surface area contributed by atoms with E-state index in [4.69, 9.17) is 0 Å². The van der Waals surface area contributed by atoms with Gasteiger partial charge in [-0.15, -0.1) is 0 Å². The number of likely N-dealkylation sites (N-methyl/N-ethyl adjacent to an activating group) is 2. The van der Waals surface area contributed by atoms with E-state index in [1.54, 1.807) is 24.1 Å². The normalized spacial score (nSPS) is 12.1. The van der Waals surface area contributed by atoms with Crippen molar-refractivity contribution in [3.63, 3.8) is 0 Å². The molecule has 0 bridgehead atoms. The minimum Gasteiger partial charge on any atom is -0.349 e. The quantitative estimate of drug-likeness (QED) is 0.734. The van der Waals surface area contributed by atoms with Gasteiger partial charge in [0.15, 0.2) is 13.1 Å². The van der Waals surface area contributed by atoms with Gasteiger partial charge in [-0.05, 0) is 31.5 Å². The van der Waals surface area contributed by atoms with Crippen molar-refractivity contribution in [1.29, 1.82) is 0 Å². The summed E-state index contributed by atoms with van der Waals surface area (Å²) in [7, 11) is 3.51. The summed E-state index contributed by atoms with van der Waals surface area (Å²) in [5, 5.41) is 2.80. The summed E-state index contributed by atoms with van der Waals surface area (Å²) in [5.74, 6) is -0.418. The van der Waals surface area contributed by atoms with Gasteiger partial charge in [-0.1, -0.05) is 12.1 Å². The van der Waals surface area contributed by atoms with Crippen LogP contribution >= 0.6 is 0 Å². The van der Waals surface area contributed by atoms with Gasteiger partial charge in [-0.25, -0.2) is 4.39 Å². The van der Waals surface area contributed by atoms with Crippen LogP contribution in [-0.2, 0) is 16.1 Å². The Hall–Kier alpha value is -1.95. The van der Waals surface area contributed by atoms with Gasteiger partial charge >= 0.3 is 0 Å². The van der Waals surface area contributed by atoms with Gasteiger partial charge in [0.05, 0.1) is 7.05 Å². The first-order valence-electron chi connectivity index (χ1n) is 7.37. The van der Waals surface area contributed by atoms with Crippen LogP contribution in [0.1, 0.15) is 19.4 Å². The Morgan fingerprint density at radius 3 is 2.36 bits per heavy atom. The van der Waals surface area contributed by atoms with Crippen molar-refractivity contribution < 1.29 is 18.9 Å². The molecule has 2 amide bonds. The second-order valence-corrected chi connectivity index (χ2v) is 5.91. The summed E-state index contributed by atoms with van der Waals surface area (Å²) in [6, 6.07) is 6.16. The molecule has 0 aliphatic rings. The topological polar surface area (TPSA) is 53.9 Å². The number of rotatable bonds is 7. The van der Waals surface area contributed by atoms with Gasteiger partial charge in [-0.3, -0.25) is 9.59 Å². The lowest BCUT2D eigenvalue weighted by molar-refractivity contribution is -0.863. The lowest BCUT2D eigenvalue weighted by atomic mass is 10.2. The fraction of sp³-hybridized carbons (Fsp3) is 0.500. The smallest absolute Gasteiger partial charge is 0.277 e. The summed E-state index contributed by atoms with van der Waals surface area (Å²) in [5.41, 5.74) is 0.868. The molecule has 0 saturated carbocycles. The van der Waals surface area contributed by atoms with Crippen molar-refractivity contribution in [2.45, 2.75) is 26.4 Å². The number of halogens is 1. The number of quaternary nitrogens is 1. The zero-order valence-electron chi connectivity index (χ0n) is 13.6. The summed E-state index contributed by atoms with van der Waals surface area (Å²) in [6.45, 7) is 4.71. The van der Waals surface area contributed by atoms with Crippen LogP contribution in [0.25, 0.3) is 0 Å². The van der Waals surface area contributed by atoms with Crippen LogP contribution < -0.4 is 10.2 Å². The molecule has 0 heterocycles. The molecule has 1 aromatic rings. The Bertz CT molecular complexity index is 503. The molecule has 0 saturated heterocycles. The Kier molecular flexibility index (Phi) is 6.98. The zero-order chi connectivity index (χ0) is 16.7. The molecule has 0 fully saturated rings. The standard InChI is InChI=1S/C16H24FN3O2/c1-12(2)18-15(21)10-19(3)11-16(22)20(4)9-13-5-7-14(17)8-6-13/h5-8,12H,9-11H2,1-4H3,(H,18,21)/p+1. The molecule has 0 spiro atoms. The molecule has 0 aliphatic carbocycles. The highest BCUT2D eigenvalue weighted by molar-refractivity contribution is 5.79. The number of amides is 2. The predicted molar refractivity (Wildman–Crippen MR) is 82.8 cm³/mol. The minimum absolute atomic E-state index is 0.0563. The average Bonchev–Trinajstić information content (AvgIpc) is 2.39. The van der Waals surface area contributed by atoms with E-state index in [0.717, 1.165) is 10.5 Å². The highest BCUT2D eigenvalue weighted by Crippen LogP contribution is 2.05. The summed E-state index contributed by atoms with van der Waals surface area (Å²) < 4.78 is 12.8. The van der Waals surface area contributed by atoms with E-state index < -0.39 is 0 Å². The summed E-state index contributed by atoms with van der Waals surface area (Å²) in [6.07, 6.45) is 0. The maximum absolute atomic E-state index is 12.8. The molecule has 1 aromatic carbocycles. The zero-order valence-corrected chi connectivity index (χ0v) is 13.6. The van der Waals surface area contributed by atoms with Gasteiger partial charge in [0, 0.05) is 19.6 Å². The largest absolute Gasteiger partial charge is 0.349 e. The molecular weight excluding hydrogens is 285 g/mol. The van der Waals surface area contributed by atoms with Crippen LogP contribution in [0.5, 0.6) is 0 Å². The van der Waals surface area contributed by atoms with Crippen molar-refractivity contribution in [1.82, 2.24) is 10.2 Å². The highest BCUT2D eigenvalue weighted by atomic mass is 19.1. The molecule has 122 valence electrons. The molecular formula is C16H25FN3O2+. The second kappa shape index (κ2) is 8.48. The van der Waals surface area contributed by atoms with Gasteiger partial charge in [0.1, 0.15) is 5.82 Å². The van der Waals surface area contributed by atoms with Crippen LogP contribution in [0, 0.1) is 5.82 Å². The fourth-order valence-corrected chi connectivity index (χ4v) is 2.05. The second-order valence-electron chi connectivity index (χ2n) is 5.91. The Balaban J connectivity index is 2.43. The average molecular weight is 310 g/mol. The maximum Gasteiger partial charge on any atom is 0.277 e. The third-order valence-electron chi connectivity index (χ3n) is 3.12. The van der Waals surface area contributed by atoms with Gasteiger partial charge < -0.3 is 15.1 Å². The van der Waals surface area contributed by atoms with E-state index in [-0.39, 0.29) is 36.8 Å². The van der Waals surface area contributed by atoms with Crippen molar-refractivity contribution in [2.75, 3.05) is 27.2 Å². The Morgan fingerprint density at radius 1 is 1.23 bits per heavy atom. The molecule has 22 heavy (non-hydrogen) atoms. The monoisotopic (exact) mass is 310 g/mol. The molecule has 1 atom stereocenters. The molecule has 6 heteroatoms. The van der Waals surface area contributed by atoms with Crippen LogP contribution in [0.15, 0.2) is 24.3 Å². The molecule has 1 unspecified atom stereocenters. The third-order valence-corrected chi connectivity index (χ3v) is 3.12. The first kappa shape index (κ1) is 18.1. The van der Waals surface area contributed by atoms with E-state index >= 15 is 0 Å². The number of hydrogen-bond donors (Lipinski definition) is 2. The number of carbonyl (C=O) groups is 2. The minimum atomic E-state index is -0.293. The molecule has 0 aliphatic heterocycles. The van der Waals surface area contributed by atoms with Gasteiger partial charge in [0.25, 0.3) is 11.8 Å². The molecule has 0 radical (unpaired) electrons. The molecule has 1 rings (SSSR count). The van der Waals surface area contributed by atoms with Crippen molar-refractivity contribution in [3.05, 3.63) is 35.6 Å². The number of hydrogen-bond acceptors (Lipinski definition) is 2. The first-order chi connectivity index (χ1) is 10.3. The number of nitrogens with one attached hydrogen (secondary N) is 2. The number of nitrogens with zero attached hydrogens (tertiary/aromatic N) is 1. The van der Waals surface area contributed by atoms with Gasteiger partial charge in [0.2, 0.25) is 0 Å². The summed E-state index contributed by atoms with van der Waals surface area (Å²) >= 11 is 0. The first-order valence-corrected chi connectivity index (χ1v) is 7.37. The number of carbonyl (C=O) groups excluding carboxylic acids is 2. The predicted octanol–water partition coefficient (Wildman–Crippen LogP) is -0.177. The lowest BCUT2D eigenvalue weighted by Crippen LogP contribution is -3.11. The maximum atomic E-state index is 12.8. The van der Waals surface area contributed by atoms with Gasteiger partial charge in [-0.2, -0.15) is 0 Å². The molecule has 5 nitrogen and oxygen atoms in total. The van der Waals surface area contributed by atoms with E-state index in [2.05, 4.69) is 5.32 Å². The van der Waals surface area contributed by atoms with Crippen LogP contribution in [-0.4, -0.2) is 49.9 Å². The Morgan fingerprint density at radius 2 is 1.82 bits per heavy atom. The van der Waals surface area contributed by atoms with Crippen molar-refractivity contribution >= 4 is 11.8 Å². The van der Waals surface area contributed by atoms with E-state index in [1.807, 2.05) is 20.9 Å². The van der Waals surface area contributed by atoms with E-state index in [1.165, 1.54) is 12.1 Å².